The van der Waals surface area contributed by atoms with E-state index in [0.29, 0.717) is 6.54 Å². The summed E-state index contributed by atoms with van der Waals surface area (Å²) < 4.78 is 27.9. The molecule has 0 unspecified atom stereocenters. The number of halogens is 2. The monoisotopic (exact) mass is 239 g/mol. The Morgan fingerprint density at radius 2 is 2.12 bits per heavy atom. The minimum absolute atomic E-state index is 0.0181. The van der Waals surface area contributed by atoms with Crippen molar-refractivity contribution in [2.24, 2.45) is 5.41 Å². The minimum atomic E-state index is -2.50. The van der Waals surface area contributed by atoms with Gasteiger partial charge in [-0.25, -0.2) is 8.78 Å². The number of carbonyl (C=O) groups is 1. The Bertz CT molecular complexity index is 210. The third-order valence-electron chi connectivity index (χ3n) is 1.91. The molecule has 0 aromatic rings. The molecule has 2 N–H and O–H groups in total. The lowest BCUT2D eigenvalue weighted by Crippen LogP contribution is -2.36. The van der Waals surface area contributed by atoms with Gasteiger partial charge in [0.1, 0.15) is 6.61 Å². The van der Waals surface area contributed by atoms with Crippen LogP contribution in [0.5, 0.6) is 0 Å². The lowest BCUT2D eigenvalue weighted by Gasteiger charge is -2.21. The van der Waals surface area contributed by atoms with Crippen molar-refractivity contribution in [2.75, 3.05) is 26.4 Å². The molecule has 0 radical (unpaired) electrons. The van der Waals surface area contributed by atoms with Crippen molar-refractivity contribution in [2.45, 2.75) is 26.7 Å². The van der Waals surface area contributed by atoms with Gasteiger partial charge in [-0.1, -0.05) is 13.8 Å². The van der Waals surface area contributed by atoms with Gasteiger partial charge in [-0.15, -0.1) is 0 Å². The van der Waals surface area contributed by atoms with Gasteiger partial charge in [0.05, 0.1) is 6.61 Å². The Balaban J connectivity index is 3.52. The van der Waals surface area contributed by atoms with E-state index >= 15 is 0 Å². The van der Waals surface area contributed by atoms with E-state index in [0.717, 1.165) is 0 Å². The maximum Gasteiger partial charge on any atom is 0.261 e. The van der Waals surface area contributed by atoms with Gasteiger partial charge in [0.15, 0.2) is 0 Å². The molecule has 0 bridgehead atoms. The zero-order valence-corrected chi connectivity index (χ0v) is 9.63. The fourth-order valence-electron chi connectivity index (χ4n) is 0.819. The summed E-state index contributed by atoms with van der Waals surface area (Å²) in [6.45, 7) is 3.26. The molecular weight excluding hydrogens is 220 g/mol. The molecule has 0 saturated carbocycles. The van der Waals surface area contributed by atoms with Crippen LogP contribution in [0.4, 0.5) is 8.78 Å². The number of hydrogen-bond acceptors (Lipinski definition) is 3. The molecule has 1 amide bonds. The van der Waals surface area contributed by atoms with Crippen LogP contribution in [0.2, 0.25) is 0 Å². The molecule has 0 aromatic carbocycles. The Hall–Kier alpha value is -0.750. The fraction of sp³-hybridized carbons (Fsp3) is 0.900. The second-order valence-electron chi connectivity index (χ2n) is 4.32. The number of aliphatic hydroxyl groups is 1. The molecule has 0 aliphatic heterocycles. The molecule has 6 heteroatoms. The molecule has 0 fully saturated rings. The third kappa shape index (κ3) is 8.55. The summed E-state index contributed by atoms with van der Waals surface area (Å²) >= 11 is 0. The maximum atomic E-state index is 11.7. The lowest BCUT2D eigenvalue weighted by atomic mass is 9.95. The van der Waals surface area contributed by atoms with Crippen LogP contribution in [0.1, 0.15) is 20.3 Å². The Morgan fingerprint density at radius 3 is 2.62 bits per heavy atom. The molecular formula is C10H19F2NO3. The summed E-state index contributed by atoms with van der Waals surface area (Å²) in [7, 11) is 0. The normalized spacial score (nSPS) is 11.9. The van der Waals surface area contributed by atoms with Crippen molar-refractivity contribution in [3.63, 3.8) is 0 Å². The lowest BCUT2D eigenvalue weighted by molar-refractivity contribution is -0.123. The molecule has 96 valence electrons. The summed E-state index contributed by atoms with van der Waals surface area (Å²) in [5.41, 5.74) is -0.376. The van der Waals surface area contributed by atoms with Crippen LogP contribution in [0.25, 0.3) is 0 Å². The van der Waals surface area contributed by atoms with E-state index in [1.165, 1.54) is 0 Å². The molecule has 0 aliphatic carbocycles. The average Bonchev–Trinajstić information content (AvgIpc) is 2.21. The first-order valence-corrected chi connectivity index (χ1v) is 5.11. The van der Waals surface area contributed by atoms with Crippen LogP contribution >= 0.6 is 0 Å². The number of aliphatic hydroxyl groups excluding tert-OH is 1. The highest BCUT2D eigenvalue weighted by Gasteiger charge is 2.17. The van der Waals surface area contributed by atoms with Crippen LogP contribution in [0, 0.1) is 5.41 Å². The quantitative estimate of drug-likeness (QED) is 0.616. The molecule has 4 nitrogen and oxygen atoms in total. The van der Waals surface area contributed by atoms with E-state index < -0.39 is 13.0 Å². The van der Waals surface area contributed by atoms with Crippen LogP contribution in [-0.4, -0.2) is 43.8 Å². The average molecular weight is 239 g/mol. The maximum absolute atomic E-state index is 11.7. The van der Waals surface area contributed by atoms with Crippen molar-refractivity contribution in [1.82, 2.24) is 5.32 Å². The molecule has 0 spiro atoms. The number of hydrogen-bond donors (Lipinski definition) is 2. The molecule has 0 rings (SSSR count). The Kier molecular flexibility index (Phi) is 7.16. The minimum Gasteiger partial charge on any atom is -0.396 e. The van der Waals surface area contributed by atoms with Crippen LogP contribution in [-0.2, 0) is 9.53 Å². The van der Waals surface area contributed by atoms with Crippen molar-refractivity contribution < 1.29 is 23.4 Å². The largest absolute Gasteiger partial charge is 0.396 e. The number of rotatable bonds is 8. The topological polar surface area (TPSA) is 58.6 Å². The highest BCUT2D eigenvalue weighted by atomic mass is 19.3. The Labute approximate surface area is 94.0 Å². The first kappa shape index (κ1) is 15.2. The zero-order chi connectivity index (χ0) is 12.6. The molecule has 0 saturated heterocycles. The number of amides is 1. The second kappa shape index (κ2) is 7.51. The first-order chi connectivity index (χ1) is 7.37. The predicted octanol–water partition coefficient (Wildman–Crippen LogP) is 0.793. The van der Waals surface area contributed by atoms with E-state index in [-0.39, 0.29) is 31.0 Å². The van der Waals surface area contributed by atoms with Gasteiger partial charge in [-0.2, -0.15) is 0 Å². The van der Waals surface area contributed by atoms with E-state index in [2.05, 4.69) is 10.1 Å². The SMILES string of the molecule is CC(C)(CO)CNC(=O)CCOCC(F)F. The highest BCUT2D eigenvalue weighted by Crippen LogP contribution is 2.11. The van der Waals surface area contributed by atoms with Gasteiger partial charge in [0.25, 0.3) is 6.43 Å². The van der Waals surface area contributed by atoms with Gasteiger partial charge < -0.3 is 15.2 Å². The van der Waals surface area contributed by atoms with Gasteiger partial charge in [0, 0.05) is 25.0 Å². The summed E-state index contributed by atoms with van der Waals surface area (Å²) in [5, 5.41) is 11.5. The third-order valence-corrected chi connectivity index (χ3v) is 1.91. The summed E-state index contributed by atoms with van der Waals surface area (Å²) in [6.07, 6.45) is -2.45. The molecule has 0 aliphatic rings. The number of nitrogens with one attached hydrogen (secondary N) is 1. The standard InChI is InChI=1S/C10H19F2NO3/c1-10(2,7-14)6-13-9(15)3-4-16-5-8(11)12/h8,14H,3-7H2,1-2H3,(H,13,15). The van der Waals surface area contributed by atoms with Gasteiger partial charge >= 0.3 is 0 Å². The number of carbonyl (C=O) groups excluding carboxylic acids is 1. The Morgan fingerprint density at radius 1 is 1.50 bits per heavy atom. The summed E-state index contributed by atoms with van der Waals surface area (Å²) in [6, 6.07) is 0. The van der Waals surface area contributed by atoms with Gasteiger partial charge in [-0.3, -0.25) is 4.79 Å². The highest BCUT2D eigenvalue weighted by molar-refractivity contribution is 5.75. The molecule has 16 heavy (non-hydrogen) atoms. The zero-order valence-electron chi connectivity index (χ0n) is 9.63. The fourth-order valence-corrected chi connectivity index (χ4v) is 0.819. The number of ether oxygens (including phenoxy) is 1. The van der Waals surface area contributed by atoms with Crippen molar-refractivity contribution in [3.05, 3.63) is 0 Å². The second-order valence-corrected chi connectivity index (χ2v) is 4.32. The van der Waals surface area contributed by atoms with Gasteiger partial charge in [0.2, 0.25) is 5.91 Å². The van der Waals surface area contributed by atoms with E-state index in [1.54, 1.807) is 13.8 Å². The van der Waals surface area contributed by atoms with Crippen LogP contribution in [0.3, 0.4) is 0 Å². The predicted molar refractivity (Wildman–Crippen MR) is 55.3 cm³/mol. The van der Waals surface area contributed by atoms with Crippen molar-refractivity contribution >= 4 is 5.91 Å². The smallest absolute Gasteiger partial charge is 0.261 e. The van der Waals surface area contributed by atoms with Crippen LogP contribution < -0.4 is 5.32 Å². The first-order valence-electron chi connectivity index (χ1n) is 5.11. The van der Waals surface area contributed by atoms with Gasteiger partial charge in [-0.05, 0) is 0 Å². The van der Waals surface area contributed by atoms with Crippen LogP contribution in [0.15, 0.2) is 0 Å². The van der Waals surface area contributed by atoms with E-state index in [4.69, 9.17) is 5.11 Å². The molecule has 0 atom stereocenters. The van der Waals surface area contributed by atoms with Crippen molar-refractivity contribution in [1.29, 1.82) is 0 Å². The number of alkyl halides is 2. The van der Waals surface area contributed by atoms with Crippen molar-refractivity contribution in [3.8, 4) is 0 Å². The summed E-state index contributed by atoms with van der Waals surface area (Å²) in [4.78, 5) is 11.2. The van der Waals surface area contributed by atoms with E-state index in [9.17, 15) is 13.6 Å². The summed E-state index contributed by atoms with van der Waals surface area (Å²) in [5.74, 6) is -0.268. The molecule has 0 heterocycles. The van der Waals surface area contributed by atoms with E-state index in [1.807, 2.05) is 0 Å². The molecule has 0 aromatic heterocycles.